The summed E-state index contributed by atoms with van der Waals surface area (Å²) in [6.07, 6.45) is 5.94. The summed E-state index contributed by atoms with van der Waals surface area (Å²) < 4.78 is 5.54. The molecule has 80 valence electrons. The SMILES string of the molecule is ClCc1ncoc1C1C2C3CCC(C3)C12. The van der Waals surface area contributed by atoms with Crippen molar-refractivity contribution in [2.45, 2.75) is 31.1 Å². The molecular formula is C12H14ClNO. The van der Waals surface area contributed by atoms with E-state index < -0.39 is 0 Å². The van der Waals surface area contributed by atoms with Gasteiger partial charge in [-0.15, -0.1) is 11.6 Å². The first-order valence-corrected chi connectivity index (χ1v) is 6.42. The zero-order chi connectivity index (χ0) is 9.99. The van der Waals surface area contributed by atoms with Crippen LogP contribution in [0.15, 0.2) is 10.8 Å². The number of oxazole rings is 1. The Balaban J connectivity index is 1.67. The minimum absolute atomic E-state index is 0.497. The largest absolute Gasteiger partial charge is 0.448 e. The van der Waals surface area contributed by atoms with Crippen LogP contribution in [0.2, 0.25) is 0 Å². The smallest absolute Gasteiger partial charge is 0.181 e. The molecule has 4 unspecified atom stereocenters. The van der Waals surface area contributed by atoms with Crippen molar-refractivity contribution < 1.29 is 4.42 Å². The standard InChI is InChI=1S/C12H14ClNO/c13-4-8-12(15-5-14-8)11-9-6-1-2-7(3-6)10(9)11/h5-7,9-11H,1-4H2. The third-order valence-electron chi connectivity index (χ3n) is 4.84. The highest BCUT2D eigenvalue weighted by molar-refractivity contribution is 6.16. The second-order valence-electron chi connectivity index (χ2n) is 5.31. The number of nitrogens with zero attached hydrogens (tertiary/aromatic N) is 1. The molecule has 1 heterocycles. The summed E-state index contributed by atoms with van der Waals surface area (Å²) in [5, 5.41) is 0. The van der Waals surface area contributed by atoms with E-state index in [2.05, 4.69) is 4.98 Å². The molecule has 3 aliphatic rings. The number of rotatable bonds is 2. The Morgan fingerprint density at radius 2 is 2.07 bits per heavy atom. The highest BCUT2D eigenvalue weighted by atomic mass is 35.5. The van der Waals surface area contributed by atoms with E-state index in [4.69, 9.17) is 16.0 Å². The van der Waals surface area contributed by atoms with E-state index >= 15 is 0 Å². The first kappa shape index (κ1) is 8.63. The lowest BCUT2D eigenvalue weighted by Gasteiger charge is -2.06. The minimum Gasteiger partial charge on any atom is -0.448 e. The molecule has 0 N–H and O–H groups in total. The van der Waals surface area contributed by atoms with E-state index in [0.717, 1.165) is 35.1 Å². The summed E-state index contributed by atoms with van der Waals surface area (Å²) in [6.45, 7) is 0. The molecule has 0 aliphatic heterocycles. The van der Waals surface area contributed by atoms with Crippen LogP contribution >= 0.6 is 11.6 Å². The average Bonchev–Trinajstić information content (AvgIpc) is 2.72. The van der Waals surface area contributed by atoms with Gasteiger partial charge in [0.05, 0.1) is 11.6 Å². The third kappa shape index (κ3) is 0.988. The Kier molecular flexibility index (Phi) is 1.60. The zero-order valence-corrected chi connectivity index (χ0v) is 9.28. The molecule has 1 aromatic heterocycles. The topological polar surface area (TPSA) is 26.0 Å². The van der Waals surface area contributed by atoms with E-state index in [9.17, 15) is 0 Å². The van der Waals surface area contributed by atoms with Gasteiger partial charge in [0.15, 0.2) is 6.39 Å². The number of hydrogen-bond donors (Lipinski definition) is 0. The van der Waals surface area contributed by atoms with Crippen molar-refractivity contribution in [2.75, 3.05) is 0 Å². The van der Waals surface area contributed by atoms with Crippen molar-refractivity contribution in [2.24, 2.45) is 23.7 Å². The van der Waals surface area contributed by atoms with Crippen LogP contribution in [-0.4, -0.2) is 4.98 Å². The Labute approximate surface area is 94.0 Å². The van der Waals surface area contributed by atoms with E-state index in [1.54, 1.807) is 6.39 Å². The molecule has 0 saturated heterocycles. The highest BCUT2D eigenvalue weighted by Crippen LogP contribution is 2.73. The van der Waals surface area contributed by atoms with Crippen molar-refractivity contribution >= 4 is 11.6 Å². The average molecular weight is 224 g/mol. The fourth-order valence-corrected chi connectivity index (χ4v) is 4.53. The molecule has 2 nitrogen and oxygen atoms in total. The van der Waals surface area contributed by atoms with Crippen molar-refractivity contribution in [3.63, 3.8) is 0 Å². The minimum atomic E-state index is 0.497. The monoisotopic (exact) mass is 223 g/mol. The maximum atomic E-state index is 5.87. The molecule has 0 spiro atoms. The molecule has 4 rings (SSSR count). The summed E-state index contributed by atoms with van der Waals surface area (Å²) in [7, 11) is 0. The molecule has 3 heteroatoms. The van der Waals surface area contributed by atoms with Gasteiger partial charge >= 0.3 is 0 Å². The number of hydrogen-bond acceptors (Lipinski definition) is 2. The van der Waals surface area contributed by atoms with Crippen LogP contribution in [0, 0.1) is 23.7 Å². The number of aromatic nitrogens is 1. The lowest BCUT2D eigenvalue weighted by Crippen LogP contribution is -1.98. The number of alkyl halides is 1. The maximum absolute atomic E-state index is 5.87. The molecule has 0 amide bonds. The summed E-state index contributed by atoms with van der Waals surface area (Å²) in [5.41, 5.74) is 0.982. The summed E-state index contributed by atoms with van der Waals surface area (Å²) in [5.74, 6) is 6.08. The molecule has 1 aromatic rings. The Hall–Kier alpha value is -0.500. The van der Waals surface area contributed by atoms with E-state index in [0.29, 0.717) is 11.8 Å². The van der Waals surface area contributed by atoms with E-state index in [-0.39, 0.29) is 0 Å². The molecule has 2 bridgehead atoms. The first-order valence-electron chi connectivity index (χ1n) is 5.88. The third-order valence-corrected chi connectivity index (χ3v) is 5.09. The molecule has 3 saturated carbocycles. The van der Waals surface area contributed by atoms with Gasteiger partial charge in [-0.1, -0.05) is 0 Å². The fraction of sp³-hybridized carbons (Fsp3) is 0.750. The van der Waals surface area contributed by atoms with Crippen molar-refractivity contribution in [1.82, 2.24) is 4.98 Å². The van der Waals surface area contributed by atoms with Crippen molar-refractivity contribution in [3.8, 4) is 0 Å². The van der Waals surface area contributed by atoms with Gasteiger partial charge in [0.1, 0.15) is 5.76 Å². The maximum Gasteiger partial charge on any atom is 0.181 e. The molecule has 15 heavy (non-hydrogen) atoms. The molecule has 3 aliphatic carbocycles. The van der Waals surface area contributed by atoms with Crippen LogP contribution in [0.4, 0.5) is 0 Å². The van der Waals surface area contributed by atoms with E-state index in [1.807, 2.05) is 0 Å². The highest BCUT2D eigenvalue weighted by Gasteiger charge is 2.66. The molecule has 4 atom stereocenters. The lowest BCUT2D eigenvalue weighted by molar-refractivity contribution is 0.440. The number of fused-ring (bicyclic) bond motifs is 5. The summed E-state index contributed by atoms with van der Waals surface area (Å²) in [4.78, 5) is 4.20. The Morgan fingerprint density at radius 3 is 2.73 bits per heavy atom. The quantitative estimate of drug-likeness (QED) is 0.720. The van der Waals surface area contributed by atoms with Crippen LogP contribution in [0.5, 0.6) is 0 Å². The van der Waals surface area contributed by atoms with Gasteiger partial charge in [0.25, 0.3) is 0 Å². The van der Waals surface area contributed by atoms with Gasteiger partial charge in [0.2, 0.25) is 0 Å². The molecule has 0 aromatic carbocycles. The summed E-state index contributed by atoms with van der Waals surface area (Å²) in [6, 6.07) is 0. The Bertz CT molecular complexity index is 386. The normalized spacial score (nSPS) is 45.8. The molecule has 3 fully saturated rings. The van der Waals surface area contributed by atoms with Crippen LogP contribution in [0.3, 0.4) is 0 Å². The number of halogens is 1. The second kappa shape index (κ2) is 2.79. The first-order chi connectivity index (χ1) is 7.40. The van der Waals surface area contributed by atoms with Crippen molar-refractivity contribution in [1.29, 1.82) is 0 Å². The van der Waals surface area contributed by atoms with Gasteiger partial charge in [-0.3, -0.25) is 0 Å². The van der Waals surface area contributed by atoms with Gasteiger partial charge in [-0.05, 0) is 42.9 Å². The van der Waals surface area contributed by atoms with Gasteiger partial charge in [-0.2, -0.15) is 0 Å². The van der Waals surface area contributed by atoms with Gasteiger partial charge < -0.3 is 4.42 Å². The van der Waals surface area contributed by atoms with Crippen LogP contribution in [0.1, 0.15) is 36.6 Å². The van der Waals surface area contributed by atoms with Crippen LogP contribution < -0.4 is 0 Å². The summed E-state index contributed by atoms with van der Waals surface area (Å²) >= 11 is 5.87. The zero-order valence-electron chi connectivity index (χ0n) is 8.53. The predicted molar refractivity (Wildman–Crippen MR) is 56.6 cm³/mol. The predicted octanol–water partition coefficient (Wildman–Crippen LogP) is 3.17. The fourth-order valence-electron chi connectivity index (χ4n) is 4.33. The lowest BCUT2D eigenvalue weighted by atomic mass is 10.0. The van der Waals surface area contributed by atoms with E-state index in [1.165, 1.54) is 19.3 Å². The second-order valence-corrected chi connectivity index (χ2v) is 5.58. The van der Waals surface area contributed by atoms with Gasteiger partial charge in [0, 0.05) is 5.92 Å². The van der Waals surface area contributed by atoms with Crippen LogP contribution in [-0.2, 0) is 5.88 Å². The molecular weight excluding hydrogens is 210 g/mol. The van der Waals surface area contributed by atoms with Gasteiger partial charge in [-0.25, -0.2) is 4.98 Å². The molecule has 0 radical (unpaired) electrons. The Morgan fingerprint density at radius 1 is 1.33 bits per heavy atom. The van der Waals surface area contributed by atoms with Crippen LogP contribution in [0.25, 0.3) is 0 Å². The van der Waals surface area contributed by atoms with Crippen molar-refractivity contribution in [3.05, 3.63) is 17.8 Å².